The minimum Gasteiger partial charge on any atom is -0.340 e. The van der Waals surface area contributed by atoms with E-state index < -0.39 is 10.0 Å². The maximum absolute atomic E-state index is 12.6. The number of sulfonamides is 1. The number of nitrogens with one attached hydrogen (secondary N) is 1. The highest BCUT2D eigenvalue weighted by Gasteiger charge is 2.27. The van der Waals surface area contributed by atoms with Gasteiger partial charge in [0.25, 0.3) is 0 Å². The van der Waals surface area contributed by atoms with Gasteiger partial charge < -0.3 is 10.2 Å². The molecular weight excluding hydrogens is 392 g/mol. The molecule has 6 nitrogen and oxygen atoms in total. The number of halogens is 1. The van der Waals surface area contributed by atoms with Crippen LogP contribution in [0.25, 0.3) is 0 Å². The Labute approximate surface area is 150 Å². The van der Waals surface area contributed by atoms with Crippen LogP contribution in [-0.4, -0.2) is 55.8 Å². The van der Waals surface area contributed by atoms with E-state index >= 15 is 0 Å². The van der Waals surface area contributed by atoms with Gasteiger partial charge in [0.1, 0.15) is 10.7 Å². The SMILES string of the molecule is CN1CCN(S(=O)(=O)c2ccc(Nc3ccc(Br)cc3)nc2)CC1. The monoisotopic (exact) mass is 410 g/mol. The number of likely N-dealkylation sites (N-methyl/N-ethyl adjacent to an activating group) is 1. The van der Waals surface area contributed by atoms with Crippen LogP contribution < -0.4 is 5.32 Å². The summed E-state index contributed by atoms with van der Waals surface area (Å²) in [7, 11) is -1.48. The number of piperazine rings is 1. The lowest BCUT2D eigenvalue weighted by atomic mass is 10.3. The van der Waals surface area contributed by atoms with Crippen LogP contribution in [0.3, 0.4) is 0 Å². The van der Waals surface area contributed by atoms with Gasteiger partial charge in [-0.15, -0.1) is 0 Å². The van der Waals surface area contributed by atoms with Gasteiger partial charge in [-0.3, -0.25) is 0 Å². The van der Waals surface area contributed by atoms with Crippen LogP contribution in [0, 0.1) is 0 Å². The molecule has 0 spiro atoms. The van der Waals surface area contributed by atoms with Crippen molar-refractivity contribution in [3.8, 4) is 0 Å². The summed E-state index contributed by atoms with van der Waals surface area (Å²) < 4.78 is 27.8. The van der Waals surface area contributed by atoms with Crippen LogP contribution in [0.2, 0.25) is 0 Å². The first-order chi connectivity index (χ1) is 11.4. The Morgan fingerprint density at radius 3 is 2.29 bits per heavy atom. The van der Waals surface area contributed by atoms with E-state index in [0.29, 0.717) is 18.9 Å². The zero-order chi connectivity index (χ0) is 17.2. The van der Waals surface area contributed by atoms with E-state index in [1.54, 1.807) is 12.1 Å². The number of aromatic nitrogens is 1. The van der Waals surface area contributed by atoms with Crippen molar-refractivity contribution in [2.24, 2.45) is 0 Å². The average molecular weight is 411 g/mol. The summed E-state index contributed by atoms with van der Waals surface area (Å²) in [6.07, 6.45) is 1.41. The Kier molecular flexibility index (Phi) is 5.19. The van der Waals surface area contributed by atoms with Gasteiger partial charge in [0.15, 0.2) is 0 Å². The van der Waals surface area contributed by atoms with Crippen molar-refractivity contribution in [1.29, 1.82) is 0 Å². The highest BCUT2D eigenvalue weighted by Crippen LogP contribution is 2.21. The van der Waals surface area contributed by atoms with E-state index in [2.05, 4.69) is 31.1 Å². The van der Waals surface area contributed by atoms with Gasteiger partial charge >= 0.3 is 0 Å². The molecule has 0 atom stereocenters. The third kappa shape index (κ3) is 3.94. The molecule has 1 aromatic carbocycles. The summed E-state index contributed by atoms with van der Waals surface area (Å²) in [5, 5.41) is 3.15. The number of anilines is 2. The molecule has 1 fully saturated rings. The second-order valence-corrected chi connectivity index (χ2v) is 8.57. The van der Waals surface area contributed by atoms with Crippen molar-refractivity contribution < 1.29 is 8.42 Å². The van der Waals surface area contributed by atoms with Gasteiger partial charge in [0.2, 0.25) is 10.0 Å². The average Bonchev–Trinajstić information content (AvgIpc) is 2.58. The minimum atomic E-state index is -3.47. The first-order valence-electron chi connectivity index (χ1n) is 7.62. The molecule has 2 aromatic rings. The maximum atomic E-state index is 12.6. The van der Waals surface area contributed by atoms with Gasteiger partial charge in [-0.05, 0) is 43.4 Å². The van der Waals surface area contributed by atoms with Crippen molar-refractivity contribution in [1.82, 2.24) is 14.2 Å². The van der Waals surface area contributed by atoms with Crippen LogP contribution in [0.1, 0.15) is 0 Å². The molecule has 128 valence electrons. The fraction of sp³-hybridized carbons (Fsp3) is 0.312. The number of pyridine rings is 1. The van der Waals surface area contributed by atoms with Crippen LogP contribution in [0.4, 0.5) is 11.5 Å². The second kappa shape index (κ2) is 7.18. The molecule has 8 heteroatoms. The quantitative estimate of drug-likeness (QED) is 0.838. The molecule has 0 aliphatic carbocycles. The molecule has 2 heterocycles. The third-order valence-electron chi connectivity index (χ3n) is 3.95. The molecule has 1 N–H and O–H groups in total. The van der Waals surface area contributed by atoms with E-state index in [0.717, 1.165) is 23.2 Å². The third-order valence-corrected chi connectivity index (χ3v) is 6.36. The van der Waals surface area contributed by atoms with Gasteiger partial charge in [-0.25, -0.2) is 13.4 Å². The van der Waals surface area contributed by atoms with Crippen molar-refractivity contribution >= 4 is 37.5 Å². The minimum absolute atomic E-state index is 0.230. The highest BCUT2D eigenvalue weighted by molar-refractivity contribution is 9.10. The lowest BCUT2D eigenvalue weighted by Crippen LogP contribution is -2.47. The number of hydrogen-bond acceptors (Lipinski definition) is 5. The van der Waals surface area contributed by atoms with Crippen molar-refractivity contribution in [2.45, 2.75) is 4.90 Å². The van der Waals surface area contributed by atoms with E-state index in [4.69, 9.17) is 0 Å². The van der Waals surface area contributed by atoms with Crippen molar-refractivity contribution in [3.63, 3.8) is 0 Å². The molecule has 0 amide bonds. The predicted molar refractivity (Wildman–Crippen MR) is 97.9 cm³/mol. The Bertz CT molecular complexity index is 786. The molecule has 0 unspecified atom stereocenters. The van der Waals surface area contributed by atoms with Crippen molar-refractivity contribution in [2.75, 3.05) is 38.5 Å². The fourth-order valence-electron chi connectivity index (χ4n) is 2.47. The summed E-state index contributed by atoms with van der Waals surface area (Å²) in [5.41, 5.74) is 0.889. The summed E-state index contributed by atoms with van der Waals surface area (Å²) in [4.78, 5) is 6.58. The van der Waals surface area contributed by atoms with Gasteiger partial charge in [-0.1, -0.05) is 15.9 Å². The Morgan fingerprint density at radius 2 is 1.71 bits per heavy atom. The van der Waals surface area contributed by atoms with E-state index in [1.807, 2.05) is 31.3 Å². The molecular formula is C16H19BrN4O2S. The molecule has 1 aliphatic heterocycles. The number of hydrogen-bond donors (Lipinski definition) is 1. The topological polar surface area (TPSA) is 65.5 Å². The summed E-state index contributed by atoms with van der Waals surface area (Å²) in [6.45, 7) is 2.52. The van der Waals surface area contributed by atoms with Crippen LogP contribution in [-0.2, 0) is 10.0 Å². The van der Waals surface area contributed by atoms with Crippen LogP contribution in [0.15, 0.2) is 52.0 Å². The number of rotatable bonds is 4. The molecule has 24 heavy (non-hydrogen) atoms. The Morgan fingerprint density at radius 1 is 1.04 bits per heavy atom. The molecule has 3 rings (SSSR count). The zero-order valence-corrected chi connectivity index (χ0v) is 15.7. The maximum Gasteiger partial charge on any atom is 0.244 e. The Balaban J connectivity index is 1.72. The summed E-state index contributed by atoms with van der Waals surface area (Å²) in [5.74, 6) is 0.606. The standard InChI is InChI=1S/C16H19BrN4O2S/c1-20-8-10-21(11-9-20)24(22,23)15-6-7-16(18-12-15)19-14-4-2-13(17)3-5-14/h2-7,12H,8-11H2,1H3,(H,18,19). The first-order valence-corrected chi connectivity index (χ1v) is 9.86. The molecule has 0 radical (unpaired) electrons. The predicted octanol–water partition coefficient (Wildman–Crippen LogP) is 2.52. The first kappa shape index (κ1) is 17.3. The zero-order valence-electron chi connectivity index (χ0n) is 13.3. The molecule has 1 aliphatic rings. The van der Waals surface area contributed by atoms with Gasteiger partial charge in [0, 0.05) is 42.5 Å². The van der Waals surface area contributed by atoms with Crippen molar-refractivity contribution in [3.05, 3.63) is 47.1 Å². The smallest absolute Gasteiger partial charge is 0.244 e. The van der Waals surface area contributed by atoms with Gasteiger partial charge in [-0.2, -0.15) is 4.31 Å². The molecule has 1 saturated heterocycles. The summed E-state index contributed by atoms with van der Waals surface area (Å²) in [6, 6.07) is 11.0. The fourth-order valence-corrected chi connectivity index (χ4v) is 4.10. The number of nitrogens with zero attached hydrogens (tertiary/aromatic N) is 3. The molecule has 1 aromatic heterocycles. The molecule has 0 saturated carbocycles. The lowest BCUT2D eigenvalue weighted by molar-refractivity contribution is 0.222. The normalized spacial score (nSPS) is 16.9. The highest BCUT2D eigenvalue weighted by atomic mass is 79.9. The second-order valence-electron chi connectivity index (χ2n) is 5.72. The van der Waals surface area contributed by atoms with Crippen LogP contribution >= 0.6 is 15.9 Å². The molecule has 0 bridgehead atoms. The Hall–Kier alpha value is -1.48. The number of benzene rings is 1. The summed E-state index contributed by atoms with van der Waals surface area (Å²) >= 11 is 3.39. The van der Waals surface area contributed by atoms with E-state index in [1.165, 1.54) is 10.5 Å². The van der Waals surface area contributed by atoms with Crippen LogP contribution in [0.5, 0.6) is 0 Å². The lowest BCUT2D eigenvalue weighted by Gasteiger charge is -2.31. The van der Waals surface area contributed by atoms with Gasteiger partial charge in [0.05, 0.1) is 0 Å². The largest absolute Gasteiger partial charge is 0.340 e. The van der Waals surface area contributed by atoms with E-state index in [-0.39, 0.29) is 4.90 Å². The van der Waals surface area contributed by atoms with E-state index in [9.17, 15) is 8.42 Å².